The molecule has 2 fully saturated rings. The number of carbonyl (C=O) groups excluding carboxylic acids is 1. The van der Waals surface area contributed by atoms with Crippen molar-refractivity contribution in [2.75, 3.05) is 13.1 Å². The fourth-order valence-corrected chi connectivity index (χ4v) is 4.43. The van der Waals surface area contributed by atoms with Gasteiger partial charge in [0.05, 0.1) is 0 Å². The summed E-state index contributed by atoms with van der Waals surface area (Å²) in [5.41, 5.74) is 1.69. The van der Waals surface area contributed by atoms with Gasteiger partial charge in [-0.1, -0.05) is 0 Å². The number of amides is 1. The van der Waals surface area contributed by atoms with E-state index in [0.717, 1.165) is 37.1 Å². The molecule has 2 N–H and O–H groups in total. The second-order valence-corrected chi connectivity index (χ2v) is 6.57. The first kappa shape index (κ1) is 12.1. The van der Waals surface area contributed by atoms with E-state index in [4.69, 9.17) is 0 Å². The lowest BCUT2D eigenvalue weighted by Gasteiger charge is -2.28. The van der Waals surface area contributed by atoms with Crippen LogP contribution in [0.3, 0.4) is 0 Å². The van der Waals surface area contributed by atoms with Crippen LogP contribution in [-0.2, 0) is 5.66 Å². The minimum absolute atomic E-state index is 0.0168. The fraction of sp³-hybridized carbons (Fsp3) is 0.600. The second kappa shape index (κ2) is 3.73. The minimum Gasteiger partial charge on any atom is -0.327 e. The molecule has 5 heteroatoms. The Balaban J connectivity index is 1.92. The highest BCUT2D eigenvalue weighted by Crippen LogP contribution is 2.46. The van der Waals surface area contributed by atoms with Crippen molar-refractivity contribution in [3.05, 3.63) is 33.2 Å². The lowest BCUT2D eigenvalue weighted by molar-refractivity contribution is 0.0915. The molecular formula is C15H19N3O2. The monoisotopic (exact) mass is 273 g/mol. The maximum absolute atomic E-state index is 12.6. The van der Waals surface area contributed by atoms with Gasteiger partial charge in [0.15, 0.2) is 0 Å². The van der Waals surface area contributed by atoms with Crippen LogP contribution in [0.1, 0.15) is 34.5 Å². The highest BCUT2D eigenvalue weighted by atomic mass is 16.2. The smallest absolute Gasteiger partial charge is 0.270 e. The van der Waals surface area contributed by atoms with Crippen molar-refractivity contribution >= 4 is 5.91 Å². The Hall–Kier alpha value is -1.62. The number of nitrogens with one attached hydrogen (secondary N) is 2. The average molecular weight is 273 g/mol. The predicted molar refractivity (Wildman–Crippen MR) is 74.7 cm³/mol. The zero-order chi connectivity index (χ0) is 14.1. The van der Waals surface area contributed by atoms with Crippen molar-refractivity contribution in [2.45, 2.75) is 32.4 Å². The SMILES string of the molecule is Cc1cc(C)c(=O)n2c1C(=O)NC21CC2CNCC2C1. The van der Waals surface area contributed by atoms with Crippen molar-refractivity contribution in [1.82, 2.24) is 15.2 Å². The van der Waals surface area contributed by atoms with E-state index in [1.165, 1.54) is 0 Å². The molecule has 1 amide bonds. The highest BCUT2D eigenvalue weighted by Gasteiger charge is 2.53. The van der Waals surface area contributed by atoms with E-state index in [1.807, 2.05) is 19.9 Å². The number of hydrogen-bond acceptors (Lipinski definition) is 3. The van der Waals surface area contributed by atoms with Gasteiger partial charge >= 0.3 is 0 Å². The molecule has 2 unspecified atom stereocenters. The number of carbonyl (C=O) groups is 1. The van der Waals surface area contributed by atoms with E-state index >= 15 is 0 Å². The van der Waals surface area contributed by atoms with E-state index in [2.05, 4.69) is 10.6 Å². The zero-order valence-corrected chi connectivity index (χ0v) is 11.8. The van der Waals surface area contributed by atoms with Gasteiger partial charge in [-0.15, -0.1) is 0 Å². The first-order chi connectivity index (χ1) is 9.52. The number of aryl methyl sites for hydroxylation is 2. The molecule has 20 heavy (non-hydrogen) atoms. The van der Waals surface area contributed by atoms with Crippen LogP contribution in [0.25, 0.3) is 0 Å². The third-order valence-electron chi connectivity index (χ3n) is 5.24. The summed E-state index contributed by atoms with van der Waals surface area (Å²) in [6.07, 6.45) is 1.73. The summed E-state index contributed by atoms with van der Waals surface area (Å²) in [7, 11) is 0. The van der Waals surface area contributed by atoms with Gasteiger partial charge in [0.2, 0.25) is 0 Å². The summed E-state index contributed by atoms with van der Waals surface area (Å²) in [6, 6.07) is 1.82. The van der Waals surface area contributed by atoms with E-state index in [1.54, 1.807) is 4.57 Å². The van der Waals surface area contributed by atoms with Gasteiger partial charge in [-0.2, -0.15) is 0 Å². The Bertz CT molecular complexity index is 664. The quantitative estimate of drug-likeness (QED) is 0.723. The Kier molecular flexibility index (Phi) is 2.26. The normalized spacial score (nSPS) is 34.4. The molecule has 3 aliphatic rings. The average Bonchev–Trinajstić information content (AvgIpc) is 2.99. The van der Waals surface area contributed by atoms with E-state index in [-0.39, 0.29) is 11.5 Å². The van der Waals surface area contributed by atoms with Crippen LogP contribution in [0.2, 0.25) is 0 Å². The van der Waals surface area contributed by atoms with Gasteiger partial charge in [-0.3, -0.25) is 14.2 Å². The Morgan fingerprint density at radius 3 is 2.45 bits per heavy atom. The first-order valence-electron chi connectivity index (χ1n) is 7.29. The summed E-state index contributed by atoms with van der Waals surface area (Å²) in [5, 5.41) is 6.53. The molecule has 1 aromatic heterocycles. The number of aromatic nitrogens is 1. The van der Waals surface area contributed by atoms with Crippen LogP contribution in [0, 0.1) is 25.7 Å². The third-order valence-corrected chi connectivity index (χ3v) is 5.24. The highest BCUT2D eigenvalue weighted by molar-refractivity contribution is 5.96. The lowest BCUT2D eigenvalue weighted by atomic mass is 10.0. The van der Waals surface area contributed by atoms with E-state index < -0.39 is 5.66 Å². The van der Waals surface area contributed by atoms with Crippen molar-refractivity contribution < 1.29 is 4.79 Å². The van der Waals surface area contributed by atoms with Crippen LogP contribution in [0.15, 0.2) is 10.9 Å². The second-order valence-electron chi connectivity index (χ2n) is 6.57. The molecule has 2 aliphatic heterocycles. The maximum atomic E-state index is 12.6. The molecule has 1 aliphatic carbocycles. The summed E-state index contributed by atoms with van der Waals surface area (Å²) in [6.45, 7) is 5.74. The van der Waals surface area contributed by atoms with Crippen molar-refractivity contribution in [3.63, 3.8) is 0 Å². The molecule has 1 saturated heterocycles. The molecule has 1 spiro atoms. The van der Waals surface area contributed by atoms with Gasteiger partial charge in [0.1, 0.15) is 11.4 Å². The molecule has 4 rings (SSSR count). The van der Waals surface area contributed by atoms with Crippen LogP contribution >= 0.6 is 0 Å². The van der Waals surface area contributed by atoms with Gasteiger partial charge in [0, 0.05) is 5.56 Å². The van der Waals surface area contributed by atoms with E-state index in [9.17, 15) is 9.59 Å². The zero-order valence-electron chi connectivity index (χ0n) is 11.8. The molecular weight excluding hydrogens is 254 g/mol. The lowest BCUT2D eigenvalue weighted by Crippen LogP contribution is -2.46. The molecule has 0 aromatic carbocycles. The molecule has 0 radical (unpaired) electrons. The molecule has 0 bridgehead atoms. The summed E-state index contributed by atoms with van der Waals surface area (Å²) in [4.78, 5) is 24.9. The van der Waals surface area contributed by atoms with Crippen LogP contribution in [-0.4, -0.2) is 23.6 Å². The topological polar surface area (TPSA) is 63.1 Å². The van der Waals surface area contributed by atoms with Gasteiger partial charge in [0.25, 0.3) is 11.5 Å². The Morgan fingerprint density at radius 2 is 1.80 bits per heavy atom. The fourth-order valence-electron chi connectivity index (χ4n) is 4.43. The predicted octanol–water partition coefficient (Wildman–Crippen LogP) is 0.491. The molecule has 5 nitrogen and oxygen atoms in total. The number of pyridine rings is 1. The summed E-state index contributed by atoms with van der Waals surface area (Å²) in [5.74, 6) is 1.04. The van der Waals surface area contributed by atoms with Gasteiger partial charge in [-0.05, 0) is 63.2 Å². The van der Waals surface area contributed by atoms with Gasteiger partial charge in [-0.25, -0.2) is 0 Å². The standard InChI is InChI=1S/C15H19N3O2/c1-8-3-9(2)14(20)18-12(8)13(19)17-15(18)4-10-6-16-7-11(10)5-15/h3,10-11,16H,4-7H2,1-2H3,(H,17,19). The minimum atomic E-state index is -0.474. The van der Waals surface area contributed by atoms with Gasteiger partial charge < -0.3 is 10.6 Å². The number of hydrogen-bond donors (Lipinski definition) is 2. The third kappa shape index (κ3) is 1.36. The van der Waals surface area contributed by atoms with Crippen molar-refractivity contribution in [2.24, 2.45) is 11.8 Å². The van der Waals surface area contributed by atoms with E-state index in [0.29, 0.717) is 17.5 Å². The number of rotatable bonds is 0. The molecule has 1 saturated carbocycles. The Morgan fingerprint density at radius 1 is 1.15 bits per heavy atom. The summed E-state index contributed by atoms with van der Waals surface area (Å²) >= 11 is 0. The van der Waals surface area contributed by atoms with Crippen molar-refractivity contribution in [1.29, 1.82) is 0 Å². The number of fused-ring (bicyclic) bond motifs is 3. The van der Waals surface area contributed by atoms with Crippen LogP contribution in [0.5, 0.6) is 0 Å². The molecule has 1 aromatic rings. The molecule has 2 atom stereocenters. The molecule has 106 valence electrons. The molecule has 3 heterocycles. The Labute approximate surface area is 117 Å². The summed E-state index contributed by atoms with van der Waals surface area (Å²) < 4.78 is 1.76. The van der Waals surface area contributed by atoms with Crippen molar-refractivity contribution in [3.8, 4) is 0 Å². The van der Waals surface area contributed by atoms with Crippen LogP contribution < -0.4 is 16.2 Å². The largest absolute Gasteiger partial charge is 0.327 e. The number of nitrogens with zero attached hydrogens (tertiary/aromatic N) is 1. The first-order valence-corrected chi connectivity index (χ1v) is 7.29. The van der Waals surface area contributed by atoms with Crippen LogP contribution in [0.4, 0.5) is 0 Å². The maximum Gasteiger partial charge on any atom is 0.270 e.